The number of pyridine rings is 1. The Morgan fingerprint density at radius 3 is 2.73 bits per heavy atom. The van der Waals surface area contributed by atoms with E-state index < -0.39 is 12.1 Å². The van der Waals surface area contributed by atoms with E-state index in [1.54, 1.807) is 31.1 Å². The van der Waals surface area contributed by atoms with Gasteiger partial charge >= 0.3 is 5.69 Å². The Labute approximate surface area is 211 Å². The number of nitrogens with zero attached hydrogens (tertiary/aromatic N) is 5. The van der Waals surface area contributed by atoms with E-state index in [2.05, 4.69) is 15.1 Å². The van der Waals surface area contributed by atoms with Gasteiger partial charge in [-0.3, -0.25) is 13.8 Å². The van der Waals surface area contributed by atoms with Crippen molar-refractivity contribution in [3.05, 3.63) is 58.7 Å². The minimum absolute atomic E-state index is 0.0225. The molecule has 190 valence electrons. The van der Waals surface area contributed by atoms with Crippen LogP contribution in [0.25, 0.3) is 44.5 Å². The van der Waals surface area contributed by atoms with Crippen LogP contribution in [0.1, 0.15) is 43.4 Å². The van der Waals surface area contributed by atoms with Crippen molar-refractivity contribution in [2.75, 3.05) is 6.61 Å². The maximum Gasteiger partial charge on any atom is 0.329 e. The van der Waals surface area contributed by atoms with Crippen LogP contribution in [0.15, 0.2) is 41.5 Å². The molecule has 9 nitrogen and oxygen atoms in total. The van der Waals surface area contributed by atoms with Crippen molar-refractivity contribution >= 4 is 22.1 Å². The third-order valence-corrected chi connectivity index (χ3v) is 7.97. The first-order valence-corrected chi connectivity index (χ1v) is 12.6. The highest BCUT2D eigenvalue weighted by Crippen LogP contribution is 2.43. The first kappa shape index (κ1) is 22.4. The summed E-state index contributed by atoms with van der Waals surface area (Å²) < 4.78 is 26.1. The van der Waals surface area contributed by atoms with E-state index in [9.17, 15) is 9.90 Å². The second-order valence-electron chi connectivity index (χ2n) is 10.2. The van der Waals surface area contributed by atoms with E-state index in [-0.39, 0.29) is 17.8 Å². The van der Waals surface area contributed by atoms with Gasteiger partial charge in [-0.25, -0.2) is 9.78 Å². The van der Waals surface area contributed by atoms with Gasteiger partial charge < -0.3 is 14.8 Å². The largest absolute Gasteiger partial charge is 0.388 e. The Balaban J connectivity index is 1.62. The maximum absolute atomic E-state index is 15.0. The molecule has 4 bridgehead atoms. The lowest BCUT2D eigenvalue weighted by Gasteiger charge is -2.16. The number of aliphatic hydroxyl groups excluding tert-OH is 1. The predicted molar refractivity (Wildman–Crippen MR) is 137 cm³/mol. The van der Waals surface area contributed by atoms with Crippen LogP contribution in [-0.2, 0) is 18.8 Å². The lowest BCUT2D eigenvalue weighted by Crippen LogP contribution is -2.25. The molecule has 0 saturated heterocycles. The van der Waals surface area contributed by atoms with Crippen molar-refractivity contribution in [1.82, 2.24) is 28.9 Å². The highest BCUT2D eigenvalue weighted by Gasteiger charge is 2.32. The minimum atomic E-state index is -0.649. The number of fused-ring (bicyclic) bond motifs is 5. The molecule has 10 heteroatoms. The molecule has 1 aliphatic carbocycles. The zero-order chi connectivity index (χ0) is 25.4. The third kappa shape index (κ3) is 3.32. The van der Waals surface area contributed by atoms with Gasteiger partial charge in [0.1, 0.15) is 5.65 Å². The van der Waals surface area contributed by atoms with Gasteiger partial charge in [-0.2, -0.15) is 4.39 Å². The van der Waals surface area contributed by atoms with Gasteiger partial charge in [0.2, 0.25) is 5.95 Å². The molecule has 2 N–H and O–H groups in total. The summed E-state index contributed by atoms with van der Waals surface area (Å²) >= 11 is 0. The van der Waals surface area contributed by atoms with Crippen LogP contribution in [0.4, 0.5) is 4.39 Å². The lowest BCUT2D eigenvalue weighted by molar-refractivity contribution is 0.0300. The molecule has 0 radical (unpaired) electrons. The molecule has 37 heavy (non-hydrogen) atoms. The summed E-state index contributed by atoms with van der Waals surface area (Å²) in [6.45, 7) is 0.448. The molecular formula is C27H27FN6O3. The van der Waals surface area contributed by atoms with Gasteiger partial charge in [0.15, 0.2) is 0 Å². The fraction of sp³-hybridized carbons (Fsp3) is 0.370. The Hall–Kier alpha value is -3.76. The number of ether oxygens (including phenoxy) is 1. The number of aromatic amines is 1. The summed E-state index contributed by atoms with van der Waals surface area (Å²) in [5.74, 6) is -0.592. The predicted octanol–water partition coefficient (Wildman–Crippen LogP) is 3.97. The molecule has 8 rings (SSSR count). The standard InChI is InChI=1S/C27H27FN6O3/c1-32-13-18(25(28)31-32)23-21-15-5-3-14(4-6-15)20(35)9-10-37-17-8-7-16(11-17)34-24-19(33(2)27(34)36)12-29-26(30-23)22(21)24/h3-6,12-13,16-17,20,35H,7-11H2,1-2H3,(H,29,30)/t16?,17-,20?/m0/s1. The minimum Gasteiger partial charge on any atom is -0.388 e. The molecule has 6 heterocycles. The van der Waals surface area contributed by atoms with E-state index in [1.165, 1.54) is 4.68 Å². The third-order valence-electron chi connectivity index (χ3n) is 7.97. The van der Waals surface area contributed by atoms with E-state index >= 15 is 4.39 Å². The summed E-state index contributed by atoms with van der Waals surface area (Å²) in [5, 5.41) is 15.4. The number of rotatable bonds is 1. The van der Waals surface area contributed by atoms with Gasteiger partial charge in [0.25, 0.3) is 0 Å². The second-order valence-corrected chi connectivity index (χ2v) is 10.2. The van der Waals surface area contributed by atoms with Crippen molar-refractivity contribution in [3.63, 3.8) is 0 Å². The van der Waals surface area contributed by atoms with Crippen LogP contribution < -0.4 is 5.69 Å². The van der Waals surface area contributed by atoms with E-state index in [4.69, 9.17) is 4.74 Å². The van der Waals surface area contributed by atoms with Crippen LogP contribution in [0.2, 0.25) is 0 Å². The van der Waals surface area contributed by atoms with Crippen LogP contribution >= 0.6 is 0 Å². The number of benzene rings is 1. The topological polar surface area (TPSA) is 103 Å². The van der Waals surface area contributed by atoms with Crippen molar-refractivity contribution in [2.45, 2.75) is 43.9 Å². The van der Waals surface area contributed by atoms with Crippen molar-refractivity contribution in [3.8, 4) is 22.4 Å². The number of halogens is 1. The maximum atomic E-state index is 15.0. The molecule has 2 aliphatic heterocycles. The summed E-state index contributed by atoms with van der Waals surface area (Å²) in [6, 6.07) is 7.59. The Morgan fingerprint density at radius 2 is 1.97 bits per heavy atom. The van der Waals surface area contributed by atoms with E-state index in [0.717, 1.165) is 46.0 Å². The molecule has 3 atom stereocenters. The number of aryl methyl sites for hydroxylation is 2. The smallest absolute Gasteiger partial charge is 0.329 e. The number of aromatic nitrogens is 6. The van der Waals surface area contributed by atoms with Gasteiger partial charge in [0.05, 0.1) is 46.1 Å². The molecular weight excluding hydrogens is 475 g/mol. The zero-order valence-corrected chi connectivity index (χ0v) is 20.6. The fourth-order valence-corrected chi connectivity index (χ4v) is 6.13. The van der Waals surface area contributed by atoms with Crippen molar-refractivity contribution in [1.29, 1.82) is 0 Å². The molecule has 1 saturated carbocycles. The SMILES string of the molecule is Cn1cc(-c2[nH]c3ncc4c5c3c2-c2ccc(cc2)C(O)CCO[C@H]2CCC(C2)n5c(=O)n4C)c(F)n1. The molecule has 0 amide bonds. The Bertz CT molecular complexity index is 1730. The first-order chi connectivity index (χ1) is 17.9. The first-order valence-electron chi connectivity index (χ1n) is 12.6. The zero-order valence-electron chi connectivity index (χ0n) is 20.6. The van der Waals surface area contributed by atoms with E-state index in [0.29, 0.717) is 36.4 Å². The number of aliphatic hydroxyl groups is 1. The number of imidazole rings is 1. The van der Waals surface area contributed by atoms with E-state index in [1.807, 2.05) is 28.8 Å². The Kier molecular flexibility index (Phi) is 4.93. The van der Waals surface area contributed by atoms with Crippen molar-refractivity contribution < 1.29 is 14.2 Å². The summed E-state index contributed by atoms with van der Waals surface area (Å²) in [4.78, 5) is 21.6. The van der Waals surface area contributed by atoms with Gasteiger partial charge in [-0.15, -0.1) is 5.10 Å². The van der Waals surface area contributed by atoms with Crippen LogP contribution in [-0.4, -0.2) is 46.7 Å². The highest BCUT2D eigenvalue weighted by atomic mass is 19.1. The van der Waals surface area contributed by atoms with Crippen molar-refractivity contribution in [2.24, 2.45) is 14.1 Å². The number of H-pyrrole nitrogens is 1. The van der Waals surface area contributed by atoms with Crippen LogP contribution in [0.3, 0.4) is 0 Å². The second kappa shape index (κ2) is 8.12. The fourth-order valence-electron chi connectivity index (χ4n) is 6.13. The monoisotopic (exact) mass is 502 g/mol. The molecule has 3 aliphatic rings. The molecule has 4 aromatic heterocycles. The van der Waals surface area contributed by atoms with Gasteiger partial charge in [-0.1, -0.05) is 24.3 Å². The van der Waals surface area contributed by atoms with Gasteiger partial charge in [0, 0.05) is 44.9 Å². The van der Waals surface area contributed by atoms with Gasteiger partial charge in [-0.05, 0) is 30.4 Å². The molecule has 2 unspecified atom stereocenters. The molecule has 0 spiro atoms. The summed E-state index contributed by atoms with van der Waals surface area (Å²) in [6.07, 6.45) is 5.57. The normalized spacial score (nSPS) is 21.8. The van der Waals surface area contributed by atoms with Crippen LogP contribution in [0.5, 0.6) is 0 Å². The molecule has 1 fully saturated rings. The molecule has 5 aromatic rings. The number of hydrogen-bond donors (Lipinski definition) is 2. The Morgan fingerprint density at radius 1 is 1.16 bits per heavy atom. The van der Waals surface area contributed by atoms with Crippen LogP contribution in [0, 0.1) is 5.95 Å². The average Bonchev–Trinajstić information content (AvgIpc) is 3.63. The summed E-state index contributed by atoms with van der Waals surface area (Å²) in [5.41, 5.74) is 5.21. The number of hydrogen-bond acceptors (Lipinski definition) is 5. The quantitative estimate of drug-likeness (QED) is 0.361. The molecule has 1 aromatic carbocycles. The summed E-state index contributed by atoms with van der Waals surface area (Å²) in [7, 11) is 3.44. The highest BCUT2D eigenvalue weighted by molar-refractivity contribution is 6.14. The lowest BCUT2D eigenvalue weighted by atomic mass is 9.97. The number of nitrogens with one attached hydrogen (secondary N) is 1. The average molecular weight is 503 g/mol.